The first-order chi connectivity index (χ1) is 6.33. The molecule has 0 saturated heterocycles. The molecule has 68 valence electrons. The van der Waals surface area contributed by atoms with Crippen molar-refractivity contribution in [3.63, 3.8) is 0 Å². The lowest BCUT2D eigenvalue weighted by Crippen LogP contribution is -1.86. The van der Waals surface area contributed by atoms with E-state index in [-0.39, 0.29) is 5.82 Å². The van der Waals surface area contributed by atoms with E-state index in [1.54, 1.807) is 12.3 Å². The van der Waals surface area contributed by atoms with E-state index in [9.17, 15) is 4.39 Å². The van der Waals surface area contributed by atoms with Gasteiger partial charge in [-0.05, 0) is 31.2 Å². The first-order valence-electron chi connectivity index (χ1n) is 4.13. The van der Waals surface area contributed by atoms with Crippen molar-refractivity contribution in [3.05, 3.63) is 54.5 Å². The van der Waals surface area contributed by atoms with Crippen molar-refractivity contribution >= 4 is 5.69 Å². The van der Waals surface area contributed by atoms with Gasteiger partial charge >= 0.3 is 0 Å². The maximum Gasteiger partial charge on any atom is 0.125 e. The maximum atomic E-state index is 12.7. The summed E-state index contributed by atoms with van der Waals surface area (Å²) in [5.74, 6) is -0.232. The molecule has 0 amide bonds. The molecule has 1 N–H and O–H groups in total. The van der Waals surface area contributed by atoms with E-state index in [0.29, 0.717) is 0 Å². The lowest BCUT2D eigenvalue weighted by atomic mass is 10.3. The summed E-state index contributed by atoms with van der Waals surface area (Å²) in [4.78, 5) is 0. The number of allylic oxidation sites excluding steroid dienone is 3. The first kappa shape index (κ1) is 9.52. The van der Waals surface area contributed by atoms with Crippen LogP contribution in [0.2, 0.25) is 0 Å². The van der Waals surface area contributed by atoms with E-state index in [1.807, 2.05) is 31.2 Å². The molecule has 0 fully saturated rings. The summed E-state index contributed by atoms with van der Waals surface area (Å²) in [7, 11) is 0. The van der Waals surface area contributed by atoms with Crippen LogP contribution in [0, 0.1) is 5.82 Å². The van der Waals surface area contributed by atoms with E-state index in [2.05, 4.69) is 5.32 Å². The third-order valence-corrected chi connectivity index (χ3v) is 1.47. The SMILES string of the molecule is C/C=C\C=C/Nc1cccc(F)c1. The molecule has 1 aromatic carbocycles. The Morgan fingerprint density at radius 3 is 2.85 bits per heavy atom. The second-order valence-corrected chi connectivity index (χ2v) is 2.54. The lowest BCUT2D eigenvalue weighted by Gasteiger charge is -1.98. The van der Waals surface area contributed by atoms with Crippen LogP contribution in [0.25, 0.3) is 0 Å². The third kappa shape index (κ3) is 3.56. The Hall–Kier alpha value is -1.57. The molecule has 0 aliphatic heterocycles. The molecule has 0 aliphatic carbocycles. The van der Waals surface area contributed by atoms with Crippen LogP contribution in [-0.4, -0.2) is 0 Å². The molecule has 0 aromatic heterocycles. The highest BCUT2D eigenvalue weighted by Gasteiger charge is 1.89. The normalized spacial score (nSPS) is 11.2. The standard InChI is InChI=1S/C11H12FN/c1-2-3-4-8-13-11-7-5-6-10(12)9-11/h2-9,13H,1H3/b3-2-,8-4-. The van der Waals surface area contributed by atoms with Gasteiger partial charge in [-0.3, -0.25) is 0 Å². The second-order valence-electron chi connectivity index (χ2n) is 2.54. The number of hydrogen-bond acceptors (Lipinski definition) is 1. The fourth-order valence-corrected chi connectivity index (χ4v) is 0.889. The topological polar surface area (TPSA) is 12.0 Å². The van der Waals surface area contributed by atoms with Gasteiger partial charge in [0, 0.05) is 11.9 Å². The molecular formula is C11H12FN. The van der Waals surface area contributed by atoms with Gasteiger partial charge < -0.3 is 5.32 Å². The number of benzene rings is 1. The molecule has 0 saturated carbocycles. The van der Waals surface area contributed by atoms with Gasteiger partial charge in [-0.2, -0.15) is 0 Å². The second kappa shape index (κ2) is 5.14. The van der Waals surface area contributed by atoms with Gasteiger partial charge in [0.25, 0.3) is 0 Å². The van der Waals surface area contributed by atoms with Crippen molar-refractivity contribution < 1.29 is 4.39 Å². The van der Waals surface area contributed by atoms with Gasteiger partial charge in [-0.15, -0.1) is 0 Å². The summed E-state index contributed by atoms with van der Waals surface area (Å²) in [6, 6.07) is 6.34. The van der Waals surface area contributed by atoms with Gasteiger partial charge in [-0.25, -0.2) is 4.39 Å². The maximum absolute atomic E-state index is 12.7. The van der Waals surface area contributed by atoms with Gasteiger partial charge in [0.2, 0.25) is 0 Å². The smallest absolute Gasteiger partial charge is 0.125 e. The number of nitrogens with one attached hydrogen (secondary N) is 1. The fourth-order valence-electron chi connectivity index (χ4n) is 0.889. The average molecular weight is 177 g/mol. The van der Waals surface area contributed by atoms with Crippen molar-refractivity contribution in [2.24, 2.45) is 0 Å². The molecule has 1 nitrogen and oxygen atoms in total. The van der Waals surface area contributed by atoms with Crippen LogP contribution in [0.4, 0.5) is 10.1 Å². The van der Waals surface area contributed by atoms with Crippen LogP contribution < -0.4 is 5.32 Å². The van der Waals surface area contributed by atoms with Gasteiger partial charge in [0.15, 0.2) is 0 Å². The van der Waals surface area contributed by atoms with E-state index in [0.717, 1.165) is 5.69 Å². The largest absolute Gasteiger partial charge is 0.362 e. The number of anilines is 1. The van der Waals surface area contributed by atoms with Crippen molar-refractivity contribution in [2.75, 3.05) is 5.32 Å². The average Bonchev–Trinajstić information content (AvgIpc) is 2.13. The Balaban J connectivity index is 2.54. The Morgan fingerprint density at radius 2 is 2.15 bits per heavy atom. The zero-order valence-corrected chi connectivity index (χ0v) is 7.50. The highest BCUT2D eigenvalue weighted by Crippen LogP contribution is 2.08. The number of halogens is 1. The molecule has 0 bridgehead atoms. The van der Waals surface area contributed by atoms with Crippen molar-refractivity contribution in [2.45, 2.75) is 6.92 Å². The molecule has 0 aliphatic rings. The summed E-state index contributed by atoms with van der Waals surface area (Å²) < 4.78 is 12.7. The summed E-state index contributed by atoms with van der Waals surface area (Å²) in [5.41, 5.74) is 0.751. The predicted octanol–water partition coefficient (Wildman–Crippen LogP) is 3.33. The van der Waals surface area contributed by atoms with Crippen molar-refractivity contribution in [3.8, 4) is 0 Å². The lowest BCUT2D eigenvalue weighted by molar-refractivity contribution is 0.628. The summed E-state index contributed by atoms with van der Waals surface area (Å²) in [6.45, 7) is 1.94. The Kier molecular flexibility index (Phi) is 3.76. The number of rotatable bonds is 3. The Morgan fingerprint density at radius 1 is 1.31 bits per heavy atom. The van der Waals surface area contributed by atoms with E-state index in [4.69, 9.17) is 0 Å². The molecule has 0 spiro atoms. The van der Waals surface area contributed by atoms with Crippen molar-refractivity contribution in [1.29, 1.82) is 0 Å². The molecule has 2 heteroatoms. The molecule has 13 heavy (non-hydrogen) atoms. The summed E-state index contributed by atoms with van der Waals surface area (Å²) in [5, 5.41) is 2.95. The molecule has 0 atom stereocenters. The minimum atomic E-state index is -0.232. The van der Waals surface area contributed by atoms with Gasteiger partial charge in [0.1, 0.15) is 5.82 Å². The van der Waals surface area contributed by atoms with E-state index >= 15 is 0 Å². The fraction of sp³-hybridized carbons (Fsp3) is 0.0909. The van der Waals surface area contributed by atoms with Gasteiger partial charge in [0.05, 0.1) is 0 Å². The molecule has 0 unspecified atom stereocenters. The minimum absolute atomic E-state index is 0.232. The van der Waals surface area contributed by atoms with Crippen LogP contribution in [0.5, 0.6) is 0 Å². The predicted molar refractivity (Wildman–Crippen MR) is 54.0 cm³/mol. The molecular weight excluding hydrogens is 165 g/mol. The molecule has 1 rings (SSSR count). The molecule has 1 aromatic rings. The summed E-state index contributed by atoms with van der Waals surface area (Å²) >= 11 is 0. The number of hydrogen-bond donors (Lipinski definition) is 1. The van der Waals surface area contributed by atoms with E-state index < -0.39 is 0 Å². The monoisotopic (exact) mass is 177 g/mol. The summed E-state index contributed by atoms with van der Waals surface area (Å²) in [6.07, 6.45) is 7.43. The van der Waals surface area contributed by atoms with Crippen LogP contribution >= 0.6 is 0 Å². The third-order valence-electron chi connectivity index (χ3n) is 1.47. The van der Waals surface area contributed by atoms with Crippen LogP contribution in [0.1, 0.15) is 6.92 Å². The Bertz CT molecular complexity index is 316. The highest BCUT2D eigenvalue weighted by molar-refractivity contribution is 5.45. The van der Waals surface area contributed by atoms with Gasteiger partial charge in [-0.1, -0.05) is 18.2 Å². The quantitative estimate of drug-likeness (QED) is 0.698. The zero-order valence-electron chi connectivity index (χ0n) is 7.50. The van der Waals surface area contributed by atoms with E-state index in [1.165, 1.54) is 12.1 Å². The highest BCUT2D eigenvalue weighted by atomic mass is 19.1. The van der Waals surface area contributed by atoms with Crippen molar-refractivity contribution in [1.82, 2.24) is 0 Å². The van der Waals surface area contributed by atoms with Crippen LogP contribution in [0.15, 0.2) is 48.7 Å². The molecule has 0 heterocycles. The van der Waals surface area contributed by atoms with Crippen LogP contribution in [-0.2, 0) is 0 Å². The minimum Gasteiger partial charge on any atom is -0.362 e. The molecule has 0 radical (unpaired) electrons. The zero-order chi connectivity index (χ0) is 9.52. The Labute approximate surface area is 77.6 Å². The first-order valence-corrected chi connectivity index (χ1v) is 4.13. The van der Waals surface area contributed by atoms with Crippen LogP contribution in [0.3, 0.4) is 0 Å².